The standard InChI is InChI=1S/C12H6INO2/c13-9-1-3-11(8(5-9)6-14)12-4-2-10(7-15)16-12/h1-5,7H. The summed E-state index contributed by atoms with van der Waals surface area (Å²) in [6, 6.07) is 10.9. The summed E-state index contributed by atoms with van der Waals surface area (Å²) in [6.45, 7) is 0. The van der Waals surface area contributed by atoms with Gasteiger partial charge in [-0.05, 0) is 52.9 Å². The monoisotopic (exact) mass is 323 g/mol. The highest BCUT2D eigenvalue weighted by Gasteiger charge is 2.09. The molecule has 0 bridgehead atoms. The fraction of sp³-hybridized carbons (Fsp3) is 0. The third kappa shape index (κ3) is 1.99. The second-order valence-electron chi connectivity index (χ2n) is 3.12. The minimum absolute atomic E-state index is 0.262. The van der Waals surface area contributed by atoms with Crippen molar-refractivity contribution in [1.29, 1.82) is 5.26 Å². The summed E-state index contributed by atoms with van der Waals surface area (Å²) in [6.07, 6.45) is 0.641. The largest absolute Gasteiger partial charge is 0.453 e. The van der Waals surface area contributed by atoms with Gasteiger partial charge in [0.15, 0.2) is 12.0 Å². The van der Waals surface area contributed by atoms with Gasteiger partial charge in [-0.25, -0.2) is 0 Å². The maximum Gasteiger partial charge on any atom is 0.185 e. The Hall–Kier alpha value is -1.61. The number of aldehydes is 1. The van der Waals surface area contributed by atoms with Crippen LogP contribution >= 0.6 is 22.6 Å². The molecule has 1 aromatic carbocycles. The Morgan fingerprint density at radius 3 is 2.75 bits per heavy atom. The van der Waals surface area contributed by atoms with Gasteiger partial charge in [-0.1, -0.05) is 0 Å². The van der Waals surface area contributed by atoms with Crippen molar-refractivity contribution < 1.29 is 9.21 Å². The van der Waals surface area contributed by atoms with E-state index in [2.05, 4.69) is 28.7 Å². The molecule has 1 aromatic heterocycles. The predicted molar refractivity (Wildman–Crippen MR) is 67.0 cm³/mol. The summed E-state index contributed by atoms with van der Waals surface area (Å²) in [5.41, 5.74) is 1.25. The number of benzene rings is 1. The van der Waals surface area contributed by atoms with Gasteiger partial charge in [-0.15, -0.1) is 0 Å². The number of carbonyl (C=O) groups is 1. The van der Waals surface area contributed by atoms with Crippen LogP contribution in [0.5, 0.6) is 0 Å². The first-order chi connectivity index (χ1) is 7.74. The average molecular weight is 323 g/mol. The maximum atomic E-state index is 10.5. The van der Waals surface area contributed by atoms with Crippen LogP contribution in [0.2, 0.25) is 0 Å². The summed E-state index contributed by atoms with van der Waals surface area (Å²) < 4.78 is 6.27. The normalized spacial score (nSPS) is 9.75. The second-order valence-corrected chi connectivity index (χ2v) is 4.37. The lowest BCUT2D eigenvalue weighted by Crippen LogP contribution is -1.83. The van der Waals surface area contributed by atoms with Gasteiger partial charge in [0.05, 0.1) is 11.6 Å². The van der Waals surface area contributed by atoms with Crippen molar-refractivity contribution in [2.75, 3.05) is 0 Å². The molecule has 0 saturated carbocycles. The van der Waals surface area contributed by atoms with Crippen molar-refractivity contribution in [3.63, 3.8) is 0 Å². The quantitative estimate of drug-likeness (QED) is 0.630. The van der Waals surface area contributed by atoms with E-state index in [1.165, 1.54) is 0 Å². The number of nitriles is 1. The highest BCUT2D eigenvalue weighted by molar-refractivity contribution is 14.1. The van der Waals surface area contributed by atoms with Crippen LogP contribution in [0, 0.1) is 14.9 Å². The van der Waals surface area contributed by atoms with Crippen LogP contribution in [-0.2, 0) is 0 Å². The Morgan fingerprint density at radius 2 is 2.12 bits per heavy atom. The van der Waals surface area contributed by atoms with Gasteiger partial charge in [-0.2, -0.15) is 5.26 Å². The van der Waals surface area contributed by atoms with Gasteiger partial charge in [-0.3, -0.25) is 4.79 Å². The van der Waals surface area contributed by atoms with Crippen LogP contribution in [0.25, 0.3) is 11.3 Å². The molecule has 16 heavy (non-hydrogen) atoms. The van der Waals surface area contributed by atoms with Gasteiger partial charge in [0.2, 0.25) is 0 Å². The van der Waals surface area contributed by atoms with Crippen molar-refractivity contribution in [3.8, 4) is 17.4 Å². The lowest BCUT2D eigenvalue weighted by Gasteiger charge is -2.00. The van der Waals surface area contributed by atoms with Gasteiger partial charge in [0.25, 0.3) is 0 Å². The molecule has 0 spiro atoms. The summed E-state index contributed by atoms with van der Waals surface area (Å²) >= 11 is 2.14. The van der Waals surface area contributed by atoms with Crippen LogP contribution in [0.3, 0.4) is 0 Å². The zero-order chi connectivity index (χ0) is 11.5. The van der Waals surface area contributed by atoms with Gasteiger partial charge >= 0.3 is 0 Å². The highest BCUT2D eigenvalue weighted by Crippen LogP contribution is 2.26. The van der Waals surface area contributed by atoms with E-state index in [-0.39, 0.29) is 5.76 Å². The maximum absolute atomic E-state index is 10.5. The van der Waals surface area contributed by atoms with Crippen molar-refractivity contribution in [2.24, 2.45) is 0 Å². The zero-order valence-corrected chi connectivity index (χ0v) is 10.3. The Kier molecular flexibility index (Phi) is 3.06. The molecule has 0 amide bonds. The molecule has 0 radical (unpaired) electrons. The Morgan fingerprint density at radius 1 is 1.31 bits per heavy atom. The molecule has 0 aliphatic rings. The minimum Gasteiger partial charge on any atom is -0.453 e. The van der Waals surface area contributed by atoms with Gasteiger partial charge in [0, 0.05) is 9.13 Å². The molecule has 0 fully saturated rings. The van der Waals surface area contributed by atoms with Crippen LogP contribution in [0.15, 0.2) is 34.7 Å². The molecular weight excluding hydrogens is 317 g/mol. The topological polar surface area (TPSA) is 54.0 Å². The molecule has 2 rings (SSSR count). The number of hydrogen-bond acceptors (Lipinski definition) is 3. The first-order valence-corrected chi connectivity index (χ1v) is 5.57. The molecular formula is C12H6INO2. The summed E-state index contributed by atoms with van der Waals surface area (Å²) in [7, 11) is 0. The van der Waals surface area contributed by atoms with E-state index < -0.39 is 0 Å². The summed E-state index contributed by atoms with van der Waals surface area (Å²) in [5.74, 6) is 0.799. The molecule has 0 unspecified atom stereocenters. The number of halogens is 1. The molecule has 0 aliphatic carbocycles. The first kappa shape index (κ1) is 10.9. The molecule has 1 heterocycles. The zero-order valence-electron chi connectivity index (χ0n) is 8.11. The molecule has 0 N–H and O–H groups in total. The first-order valence-electron chi connectivity index (χ1n) is 4.49. The smallest absolute Gasteiger partial charge is 0.185 e. The third-order valence-electron chi connectivity index (χ3n) is 2.11. The Balaban J connectivity index is 2.55. The van der Waals surface area contributed by atoms with Crippen molar-refractivity contribution in [2.45, 2.75) is 0 Å². The van der Waals surface area contributed by atoms with Crippen LogP contribution < -0.4 is 0 Å². The van der Waals surface area contributed by atoms with E-state index >= 15 is 0 Å². The Bertz CT molecular complexity index is 581. The second kappa shape index (κ2) is 4.49. The number of rotatable bonds is 2. The van der Waals surface area contributed by atoms with E-state index in [0.29, 0.717) is 23.2 Å². The van der Waals surface area contributed by atoms with Crippen molar-refractivity contribution in [3.05, 3.63) is 45.2 Å². The lowest BCUT2D eigenvalue weighted by atomic mass is 10.1. The minimum atomic E-state index is 0.262. The SMILES string of the molecule is N#Cc1cc(I)ccc1-c1ccc(C=O)o1. The summed E-state index contributed by atoms with van der Waals surface area (Å²) in [4.78, 5) is 10.5. The molecule has 0 aliphatic heterocycles. The van der Waals surface area contributed by atoms with E-state index in [4.69, 9.17) is 9.68 Å². The van der Waals surface area contributed by atoms with Crippen LogP contribution in [0.4, 0.5) is 0 Å². The predicted octanol–water partition coefficient (Wildman–Crippen LogP) is 3.24. The number of nitrogens with zero attached hydrogens (tertiary/aromatic N) is 1. The van der Waals surface area contributed by atoms with E-state index in [1.807, 2.05) is 12.1 Å². The third-order valence-corrected chi connectivity index (χ3v) is 2.78. The molecule has 2 aromatic rings. The summed E-state index contributed by atoms with van der Waals surface area (Å²) in [5, 5.41) is 9.00. The number of furan rings is 1. The number of carbonyl (C=O) groups excluding carboxylic acids is 1. The molecule has 0 atom stereocenters. The van der Waals surface area contributed by atoms with Crippen molar-refractivity contribution >= 4 is 28.9 Å². The number of hydrogen-bond donors (Lipinski definition) is 0. The van der Waals surface area contributed by atoms with Gasteiger partial charge in [0.1, 0.15) is 5.76 Å². The van der Waals surface area contributed by atoms with E-state index in [0.717, 1.165) is 3.57 Å². The molecule has 78 valence electrons. The molecule has 3 nitrogen and oxygen atoms in total. The van der Waals surface area contributed by atoms with E-state index in [1.54, 1.807) is 18.2 Å². The Labute approximate surface area is 106 Å². The van der Waals surface area contributed by atoms with Crippen molar-refractivity contribution in [1.82, 2.24) is 0 Å². The average Bonchev–Trinajstić information content (AvgIpc) is 2.77. The van der Waals surface area contributed by atoms with Crippen LogP contribution in [0.1, 0.15) is 16.1 Å². The molecule has 0 saturated heterocycles. The molecule has 4 heteroatoms. The van der Waals surface area contributed by atoms with E-state index in [9.17, 15) is 4.79 Å². The van der Waals surface area contributed by atoms with Gasteiger partial charge < -0.3 is 4.42 Å². The fourth-order valence-corrected chi connectivity index (χ4v) is 1.88. The lowest BCUT2D eigenvalue weighted by molar-refractivity contribution is 0.110. The highest BCUT2D eigenvalue weighted by atomic mass is 127. The fourth-order valence-electron chi connectivity index (χ4n) is 1.38. The van der Waals surface area contributed by atoms with Crippen LogP contribution in [-0.4, -0.2) is 6.29 Å².